The van der Waals surface area contributed by atoms with Crippen LogP contribution in [0.2, 0.25) is 5.02 Å². The largest absolute Gasteiger partial charge is 0.378 e. The zero-order chi connectivity index (χ0) is 12.4. The minimum Gasteiger partial charge on any atom is -0.378 e. The molecule has 1 aromatic heterocycles. The van der Waals surface area contributed by atoms with Gasteiger partial charge in [0.1, 0.15) is 0 Å². The Kier molecular flexibility index (Phi) is 4.07. The van der Waals surface area contributed by atoms with Gasteiger partial charge in [-0.1, -0.05) is 11.6 Å². The van der Waals surface area contributed by atoms with Crippen LogP contribution in [0, 0.1) is 6.92 Å². The minimum atomic E-state index is 0.246. The van der Waals surface area contributed by atoms with E-state index in [4.69, 9.17) is 11.6 Å². The number of aryl methyl sites for hydroxylation is 1. The van der Waals surface area contributed by atoms with Crippen molar-refractivity contribution in [2.75, 3.05) is 5.32 Å². The van der Waals surface area contributed by atoms with Crippen LogP contribution in [0.25, 0.3) is 0 Å². The molecule has 1 heterocycles. The Morgan fingerprint density at radius 2 is 2.24 bits per heavy atom. The Balaban J connectivity index is 2.16. The smallest absolute Gasteiger partial charge is 0.0798 e. The second-order valence-corrected chi connectivity index (χ2v) is 5.94. The first-order valence-corrected chi connectivity index (χ1v) is 7.24. The van der Waals surface area contributed by atoms with Crippen LogP contribution in [0.4, 0.5) is 5.69 Å². The van der Waals surface area contributed by atoms with Crippen molar-refractivity contribution in [2.24, 2.45) is 0 Å². The number of hydrogen-bond donors (Lipinski definition) is 1. The van der Waals surface area contributed by atoms with Gasteiger partial charge in [-0.25, -0.2) is 4.98 Å². The highest BCUT2D eigenvalue weighted by Crippen LogP contribution is 2.29. The minimum absolute atomic E-state index is 0.246. The number of nitrogens with one attached hydrogen (secondary N) is 1. The highest BCUT2D eigenvalue weighted by Gasteiger charge is 2.11. The lowest BCUT2D eigenvalue weighted by atomic mass is 10.2. The molecule has 1 atom stereocenters. The Bertz CT molecular complexity index is 527. The van der Waals surface area contributed by atoms with E-state index in [1.165, 1.54) is 4.88 Å². The van der Waals surface area contributed by atoms with Crippen LogP contribution in [-0.4, -0.2) is 4.98 Å². The van der Waals surface area contributed by atoms with Crippen molar-refractivity contribution < 1.29 is 0 Å². The van der Waals surface area contributed by atoms with Gasteiger partial charge in [-0.3, -0.25) is 0 Å². The van der Waals surface area contributed by atoms with Gasteiger partial charge in [0.05, 0.1) is 22.3 Å². The summed E-state index contributed by atoms with van der Waals surface area (Å²) in [6, 6.07) is 6.07. The summed E-state index contributed by atoms with van der Waals surface area (Å²) in [5.41, 5.74) is 4.00. The second-order valence-electron chi connectivity index (χ2n) is 3.80. The molecule has 0 aliphatic heterocycles. The molecule has 5 heteroatoms. The van der Waals surface area contributed by atoms with E-state index in [1.54, 1.807) is 11.3 Å². The van der Waals surface area contributed by atoms with Gasteiger partial charge >= 0.3 is 0 Å². The van der Waals surface area contributed by atoms with Crippen molar-refractivity contribution in [1.29, 1.82) is 0 Å². The molecule has 90 valence electrons. The maximum Gasteiger partial charge on any atom is 0.0798 e. The first kappa shape index (κ1) is 12.9. The molecule has 2 aromatic rings. The van der Waals surface area contributed by atoms with E-state index in [-0.39, 0.29) is 6.04 Å². The predicted molar refractivity (Wildman–Crippen MR) is 78.0 cm³/mol. The standard InChI is InChI=1S/C12H12BrClN2S/c1-7-12(17-6-15-7)8(2)16-9-3-4-11(14)10(13)5-9/h3-6,8,16H,1-2H3. The molecule has 1 unspecified atom stereocenters. The monoisotopic (exact) mass is 330 g/mol. The summed E-state index contributed by atoms with van der Waals surface area (Å²) >= 11 is 11.0. The Labute approximate surface area is 118 Å². The zero-order valence-corrected chi connectivity index (χ0v) is 12.7. The molecule has 0 spiro atoms. The molecule has 0 fully saturated rings. The van der Waals surface area contributed by atoms with Gasteiger partial charge in [-0.2, -0.15) is 0 Å². The molecule has 0 aliphatic carbocycles. The highest BCUT2D eigenvalue weighted by atomic mass is 79.9. The summed E-state index contributed by atoms with van der Waals surface area (Å²) in [5, 5.41) is 4.15. The number of rotatable bonds is 3. The van der Waals surface area contributed by atoms with Crippen LogP contribution in [0.1, 0.15) is 23.5 Å². The van der Waals surface area contributed by atoms with E-state index in [0.29, 0.717) is 0 Å². The third kappa shape index (κ3) is 3.00. The number of thiazole rings is 1. The summed E-state index contributed by atoms with van der Waals surface area (Å²) < 4.78 is 0.900. The zero-order valence-electron chi connectivity index (χ0n) is 9.50. The lowest BCUT2D eigenvalue weighted by molar-refractivity contribution is 0.890. The summed E-state index contributed by atoms with van der Waals surface area (Å²) in [6.45, 7) is 4.16. The van der Waals surface area contributed by atoms with Crippen LogP contribution in [0.15, 0.2) is 28.2 Å². The Hall–Kier alpha value is -0.580. The number of anilines is 1. The van der Waals surface area contributed by atoms with Gasteiger partial charge in [0.25, 0.3) is 0 Å². The maximum absolute atomic E-state index is 5.96. The summed E-state index contributed by atoms with van der Waals surface area (Å²) in [5.74, 6) is 0. The molecule has 0 radical (unpaired) electrons. The van der Waals surface area contributed by atoms with Gasteiger partial charge in [-0.05, 0) is 48.0 Å². The number of halogens is 2. The van der Waals surface area contributed by atoms with Crippen LogP contribution < -0.4 is 5.32 Å². The van der Waals surface area contributed by atoms with Gasteiger partial charge < -0.3 is 5.32 Å². The molecule has 0 saturated carbocycles. The molecular formula is C12H12BrClN2S. The fourth-order valence-electron chi connectivity index (χ4n) is 1.63. The number of aromatic nitrogens is 1. The van der Waals surface area contributed by atoms with Crippen molar-refractivity contribution in [3.05, 3.63) is 43.8 Å². The van der Waals surface area contributed by atoms with Crippen molar-refractivity contribution >= 4 is 44.6 Å². The van der Waals surface area contributed by atoms with Crippen LogP contribution in [0.5, 0.6) is 0 Å². The lowest BCUT2D eigenvalue weighted by Crippen LogP contribution is -2.06. The number of hydrogen-bond acceptors (Lipinski definition) is 3. The topological polar surface area (TPSA) is 24.9 Å². The van der Waals surface area contributed by atoms with Gasteiger partial charge in [0, 0.05) is 15.0 Å². The molecule has 0 aliphatic rings. The van der Waals surface area contributed by atoms with E-state index < -0.39 is 0 Å². The third-order valence-corrected chi connectivity index (χ3v) is 4.81. The summed E-state index contributed by atoms with van der Waals surface area (Å²) in [6.07, 6.45) is 0. The number of nitrogens with zero attached hydrogens (tertiary/aromatic N) is 1. The third-order valence-electron chi connectivity index (χ3n) is 2.48. The van der Waals surface area contributed by atoms with E-state index in [0.717, 1.165) is 20.9 Å². The second kappa shape index (κ2) is 5.38. The average molecular weight is 332 g/mol. The van der Waals surface area contributed by atoms with E-state index in [9.17, 15) is 0 Å². The first-order chi connectivity index (χ1) is 8.08. The fourth-order valence-corrected chi connectivity index (χ4v) is 2.93. The molecule has 1 aromatic carbocycles. The van der Waals surface area contributed by atoms with Gasteiger partial charge in [0.15, 0.2) is 0 Å². The van der Waals surface area contributed by atoms with Crippen molar-refractivity contribution in [3.8, 4) is 0 Å². The molecule has 2 rings (SSSR count). The first-order valence-electron chi connectivity index (χ1n) is 5.19. The normalized spacial score (nSPS) is 12.5. The molecule has 0 saturated heterocycles. The molecule has 1 N–H and O–H groups in total. The van der Waals surface area contributed by atoms with Crippen molar-refractivity contribution in [1.82, 2.24) is 4.98 Å². The SMILES string of the molecule is Cc1ncsc1C(C)Nc1ccc(Cl)c(Br)c1. The maximum atomic E-state index is 5.96. The van der Waals surface area contributed by atoms with Crippen LogP contribution in [-0.2, 0) is 0 Å². The van der Waals surface area contributed by atoms with Crippen molar-refractivity contribution in [3.63, 3.8) is 0 Å². The van der Waals surface area contributed by atoms with Crippen LogP contribution in [0.3, 0.4) is 0 Å². The van der Waals surface area contributed by atoms with E-state index in [1.807, 2.05) is 30.6 Å². The molecule has 0 bridgehead atoms. The number of benzene rings is 1. The average Bonchev–Trinajstić information content (AvgIpc) is 2.70. The predicted octanol–water partition coefficient (Wildman–Crippen LogP) is 5.04. The lowest BCUT2D eigenvalue weighted by Gasteiger charge is -2.14. The summed E-state index contributed by atoms with van der Waals surface area (Å²) in [4.78, 5) is 5.52. The Morgan fingerprint density at radius 3 is 2.82 bits per heavy atom. The Morgan fingerprint density at radius 1 is 1.47 bits per heavy atom. The van der Waals surface area contributed by atoms with E-state index >= 15 is 0 Å². The quantitative estimate of drug-likeness (QED) is 0.852. The van der Waals surface area contributed by atoms with Crippen molar-refractivity contribution in [2.45, 2.75) is 19.9 Å². The van der Waals surface area contributed by atoms with E-state index in [2.05, 4.69) is 33.2 Å². The molecule has 17 heavy (non-hydrogen) atoms. The van der Waals surface area contributed by atoms with Gasteiger partial charge in [-0.15, -0.1) is 11.3 Å². The molecular weight excluding hydrogens is 320 g/mol. The summed E-state index contributed by atoms with van der Waals surface area (Å²) in [7, 11) is 0. The van der Waals surface area contributed by atoms with Crippen LogP contribution >= 0.6 is 38.9 Å². The highest BCUT2D eigenvalue weighted by molar-refractivity contribution is 9.10. The fraction of sp³-hybridized carbons (Fsp3) is 0.250. The molecule has 2 nitrogen and oxygen atoms in total. The molecule has 0 amide bonds. The van der Waals surface area contributed by atoms with Gasteiger partial charge in [0.2, 0.25) is 0 Å².